The molecule has 0 N–H and O–H groups in total. The average molecular weight is 404 g/mol. The molecule has 5 nitrogen and oxygen atoms in total. The largest absolute Gasteiger partial charge is 0.340 e. The summed E-state index contributed by atoms with van der Waals surface area (Å²) >= 11 is 0. The van der Waals surface area contributed by atoms with Crippen LogP contribution in [0, 0.1) is 13.8 Å². The number of benzene rings is 2. The van der Waals surface area contributed by atoms with E-state index >= 15 is 0 Å². The third-order valence-corrected chi connectivity index (χ3v) is 6.30. The Morgan fingerprint density at radius 1 is 1.07 bits per heavy atom. The number of carbonyl (C=O) groups excluding carboxylic acids is 2. The fraction of sp³-hybridized carbons (Fsp3) is 0.360. The highest BCUT2D eigenvalue weighted by Gasteiger charge is 2.40. The minimum absolute atomic E-state index is 0.0205. The zero-order chi connectivity index (χ0) is 21.3. The maximum absolute atomic E-state index is 13.3. The molecule has 2 amide bonds. The predicted octanol–water partition coefficient (Wildman–Crippen LogP) is 3.73. The van der Waals surface area contributed by atoms with Crippen LogP contribution in [-0.4, -0.2) is 54.3 Å². The van der Waals surface area contributed by atoms with Gasteiger partial charge in [-0.1, -0.05) is 30.3 Å². The summed E-state index contributed by atoms with van der Waals surface area (Å²) < 4.78 is 0. The fourth-order valence-corrected chi connectivity index (χ4v) is 4.45. The molecule has 0 bridgehead atoms. The van der Waals surface area contributed by atoms with Crippen LogP contribution in [0.4, 0.5) is 5.69 Å². The number of amides is 2. The van der Waals surface area contributed by atoms with Gasteiger partial charge >= 0.3 is 0 Å². The van der Waals surface area contributed by atoms with Crippen molar-refractivity contribution in [2.45, 2.75) is 26.3 Å². The Morgan fingerprint density at radius 3 is 2.40 bits per heavy atom. The number of piperazine rings is 1. The molecule has 1 fully saturated rings. The molecule has 4 rings (SSSR count). The Balaban J connectivity index is 1.61. The Bertz CT molecular complexity index is 962. The lowest BCUT2D eigenvalue weighted by Crippen LogP contribution is -2.49. The van der Waals surface area contributed by atoms with Crippen LogP contribution in [0.1, 0.15) is 39.5 Å². The molecule has 1 atom stereocenters. The Hall–Kier alpha value is -2.92. The van der Waals surface area contributed by atoms with Crippen molar-refractivity contribution >= 4 is 17.5 Å². The van der Waals surface area contributed by atoms with Gasteiger partial charge in [-0.2, -0.15) is 0 Å². The Kier molecular flexibility index (Phi) is 5.73. The summed E-state index contributed by atoms with van der Waals surface area (Å²) in [5.41, 5.74) is 4.76. The molecule has 0 radical (unpaired) electrons. The van der Waals surface area contributed by atoms with Crippen molar-refractivity contribution in [2.24, 2.45) is 0 Å². The van der Waals surface area contributed by atoms with Gasteiger partial charge in [-0.15, -0.1) is 6.58 Å². The van der Waals surface area contributed by atoms with Crippen LogP contribution in [0.3, 0.4) is 0 Å². The van der Waals surface area contributed by atoms with E-state index in [9.17, 15) is 9.59 Å². The highest BCUT2D eigenvalue weighted by molar-refractivity contribution is 6.11. The summed E-state index contributed by atoms with van der Waals surface area (Å²) in [5.74, 6) is 0.0889. The highest BCUT2D eigenvalue weighted by Crippen LogP contribution is 2.40. The molecule has 1 unspecified atom stereocenters. The van der Waals surface area contributed by atoms with E-state index in [0.29, 0.717) is 6.42 Å². The summed E-state index contributed by atoms with van der Waals surface area (Å²) in [6, 6.07) is 13.5. The van der Waals surface area contributed by atoms with Crippen molar-refractivity contribution in [1.29, 1.82) is 0 Å². The summed E-state index contributed by atoms with van der Waals surface area (Å²) in [6.45, 7) is 11.9. The quantitative estimate of drug-likeness (QED) is 0.715. The van der Waals surface area contributed by atoms with Gasteiger partial charge < -0.3 is 9.80 Å². The number of aryl methyl sites for hydroxylation is 2. The van der Waals surface area contributed by atoms with Gasteiger partial charge in [0.05, 0.1) is 12.5 Å². The number of hydrogen-bond acceptors (Lipinski definition) is 3. The molecule has 0 spiro atoms. The van der Waals surface area contributed by atoms with Gasteiger partial charge in [0.1, 0.15) is 0 Å². The lowest BCUT2D eigenvalue weighted by Gasteiger charge is -2.35. The minimum atomic E-state index is -0.270. The van der Waals surface area contributed by atoms with E-state index in [1.165, 1.54) is 0 Å². The fourth-order valence-electron chi connectivity index (χ4n) is 4.45. The molecule has 1 saturated heterocycles. The summed E-state index contributed by atoms with van der Waals surface area (Å²) in [5, 5.41) is 0. The first-order valence-electron chi connectivity index (χ1n) is 10.6. The lowest BCUT2D eigenvalue weighted by molar-refractivity contribution is -0.133. The average Bonchev–Trinajstić information content (AvgIpc) is 3.00. The summed E-state index contributed by atoms with van der Waals surface area (Å²) in [7, 11) is 0. The van der Waals surface area contributed by atoms with Crippen LogP contribution in [0.15, 0.2) is 55.1 Å². The molecule has 156 valence electrons. The molecule has 2 aliphatic rings. The maximum atomic E-state index is 13.3. The third-order valence-electron chi connectivity index (χ3n) is 6.30. The first-order valence-corrected chi connectivity index (χ1v) is 10.6. The van der Waals surface area contributed by atoms with E-state index in [1.54, 1.807) is 4.90 Å². The first-order chi connectivity index (χ1) is 14.5. The van der Waals surface area contributed by atoms with E-state index in [-0.39, 0.29) is 17.9 Å². The molecule has 0 aromatic heterocycles. The zero-order valence-electron chi connectivity index (χ0n) is 17.8. The molecule has 0 saturated carbocycles. The van der Waals surface area contributed by atoms with E-state index in [0.717, 1.165) is 60.7 Å². The molecule has 2 aromatic rings. The predicted molar refractivity (Wildman–Crippen MR) is 120 cm³/mol. The topological polar surface area (TPSA) is 43.9 Å². The zero-order valence-corrected chi connectivity index (χ0v) is 17.8. The SMILES string of the molecule is C=CCN1CCN(C(=O)CC2c3cc(C)c(C)cc3C(=O)N2c2ccccc2)CC1. The monoisotopic (exact) mass is 403 g/mol. The van der Waals surface area contributed by atoms with E-state index in [4.69, 9.17) is 0 Å². The molecule has 2 aliphatic heterocycles. The minimum Gasteiger partial charge on any atom is -0.340 e. The van der Waals surface area contributed by atoms with Gasteiger partial charge in [0.2, 0.25) is 5.91 Å². The molecule has 30 heavy (non-hydrogen) atoms. The number of para-hydroxylation sites is 1. The van der Waals surface area contributed by atoms with Crippen LogP contribution < -0.4 is 4.90 Å². The second kappa shape index (κ2) is 8.44. The van der Waals surface area contributed by atoms with Gasteiger partial charge in [-0.3, -0.25) is 14.5 Å². The van der Waals surface area contributed by atoms with E-state index in [2.05, 4.69) is 24.5 Å². The van der Waals surface area contributed by atoms with Crippen LogP contribution in [0.25, 0.3) is 0 Å². The van der Waals surface area contributed by atoms with Gasteiger partial charge in [0.15, 0.2) is 0 Å². The van der Waals surface area contributed by atoms with E-state index < -0.39 is 0 Å². The van der Waals surface area contributed by atoms with Crippen molar-refractivity contribution in [3.63, 3.8) is 0 Å². The molecule has 5 heteroatoms. The van der Waals surface area contributed by atoms with Crippen molar-refractivity contribution < 1.29 is 9.59 Å². The number of anilines is 1. The molecule has 2 aromatic carbocycles. The van der Waals surface area contributed by atoms with Crippen LogP contribution in [-0.2, 0) is 4.79 Å². The van der Waals surface area contributed by atoms with Gasteiger partial charge in [0, 0.05) is 44.0 Å². The van der Waals surface area contributed by atoms with Crippen LogP contribution in [0.5, 0.6) is 0 Å². The van der Waals surface area contributed by atoms with Crippen molar-refractivity contribution in [2.75, 3.05) is 37.6 Å². The third kappa shape index (κ3) is 3.77. The second-order valence-corrected chi connectivity index (χ2v) is 8.22. The number of rotatable bonds is 5. The number of carbonyl (C=O) groups is 2. The van der Waals surface area contributed by atoms with Crippen molar-refractivity contribution in [3.8, 4) is 0 Å². The lowest BCUT2D eigenvalue weighted by atomic mass is 9.96. The number of fused-ring (bicyclic) bond motifs is 1. The maximum Gasteiger partial charge on any atom is 0.259 e. The second-order valence-electron chi connectivity index (χ2n) is 8.22. The smallest absolute Gasteiger partial charge is 0.259 e. The van der Waals surface area contributed by atoms with E-state index in [1.807, 2.05) is 54.3 Å². The molecule has 2 heterocycles. The molecular formula is C25H29N3O2. The normalized spacial score (nSPS) is 19.1. The number of hydrogen-bond donors (Lipinski definition) is 0. The standard InChI is InChI=1S/C25H29N3O2/c1-4-10-26-11-13-27(14-12-26)24(29)17-23-21-15-18(2)19(3)16-22(21)25(30)28(23)20-8-6-5-7-9-20/h4-9,15-16,23H,1,10-14,17H2,2-3H3. The number of nitrogens with zero attached hydrogens (tertiary/aromatic N) is 3. The summed E-state index contributed by atoms with van der Waals surface area (Å²) in [6.07, 6.45) is 2.21. The van der Waals surface area contributed by atoms with Crippen LogP contribution >= 0.6 is 0 Å². The molecular weight excluding hydrogens is 374 g/mol. The van der Waals surface area contributed by atoms with Gasteiger partial charge in [-0.05, 0) is 48.7 Å². The summed E-state index contributed by atoms with van der Waals surface area (Å²) in [4.78, 5) is 32.6. The van der Waals surface area contributed by atoms with Gasteiger partial charge in [-0.25, -0.2) is 0 Å². The Labute approximate surface area is 178 Å². The Morgan fingerprint density at radius 2 is 1.73 bits per heavy atom. The van der Waals surface area contributed by atoms with Gasteiger partial charge in [0.25, 0.3) is 5.91 Å². The van der Waals surface area contributed by atoms with Crippen molar-refractivity contribution in [1.82, 2.24) is 9.80 Å². The molecule has 0 aliphatic carbocycles. The highest BCUT2D eigenvalue weighted by atomic mass is 16.2. The van der Waals surface area contributed by atoms with Crippen molar-refractivity contribution in [3.05, 3.63) is 77.4 Å². The first kappa shape index (κ1) is 20.4. The van der Waals surface area contributed by atoms with Crippen LogP contribution in [0.2, 0.25) is 0 Å².